The first-order chi connectivity index (χ1) is 7.58. The number of aromatic nitrogens is 2. The SMILES string of the molecule is Cc1cc(C(=O)c2cccc(F)c2)n(C)n1. The summed E-state index contributed by atoms with van der Waals surface area (Å²) in [6, 6.07) is 7.34. The van der Waals surface area contributed by atoms with Gasteiger partial charge in [-0.1, -0.05) is 12.1 Å². The van der Waals surface area contributed by atoms with Gasteiger partial charge < -0.3 is 0 Å². The summed E-state index contributed by atoms with van der Waals surface area (Å²) < 4.78 is 14.5. The normalized spacial score (nSPS) is 10.4. The van der Waals surface area contributed by atoms with Crippen LogP contribution in [0.4, 0.5) is 4.39 Å². The molecule has 4 heteroatoms. The summed E-state index contributed by atoms with van der Waals surface area (Å²) in [4.78, 5) is 12.0. The first-order valence-corrected chi connectivity index (χ1v) is 4.89. The van der Waals surface area contributed by atoms with Gasteiger partial charge in [0.2, 0.25) is 5.78 Å². The van der Waals surface area contributed by atoms with Crippen molar-refractivity contribution >= 4 is 5.78 Å². The van der Waals surface area contributed by atoms with Crippen molar-refractivity contribution in [1.82, 2.24) is 9.78 Å². The van der Waals surface area contributed by atoms with Crippen LogP contribution >= 0.6 is 0 Å². The van der Waals surface area contributed by atoms with Crippen LogP contribution < -0.4 is 0 Å². The zero-order valence-electron chi connectivity index (χ0n) is 9.07. The Morgan fingerprint density at radius 3 is 2.69 bits per heavy atom. The topological polar surface area (TPSA) is 34.9 Å². The molecule has 2 rings (SSSR count). The van der Waals surface area contributed by atoms with Crippen molar-refractivity contribution in [3.05, 3.63) is 53.1 Å². The van der Waals surface area contributed by atoms with E-state index >= 15 is 0 Å². The maximum atomic E-state index is 13.0. The van der Waals surface area contributed by atoms with Gasteiger partial charge in [0.1, 0.15) is 11.5 Å². The molecule has 16 heavy (non-hydrogen) atoms. The largest absolute Gasteiger partial charge is 0.287 e. The number of benzene rings is 1. The Morgan fingerprint density at radius 1 is 1.38 bits per heavy atom. The molecule has 3 nitrogen and oxygen atoms in total. The van der Waals surface area contributed by atoms with Gasteiger partial charge in [0.05, 0.1) is 5.69 Å². The molecule has 0 atom stereocenters. The maximum absolute atomic E-state index is 13.0. The van der Waals surface area contributed by atoms with Gasteiger partial charge >= 0.3 is 0 Å². The molecule has 0 fully saturated rings. The average molecular weight is 218 g/mol. The number of halogens is 1. The third kappa shape index (κ3) is 1.86. The van der Waals surface area contributed by atoms with Crippen molar-refractivity contribution in [1.29, 1.82) is 0 Å². The Kier molecular flexibility index (Phi) is 2.56. The van der Waals surface area contributed by atoms with Crippen LogP contribution in [0.3, 0.4) is 0 Å². The van der Waals surface area contributed by atoms with Crippen LogP contribution in [-0.4, -0.2) is 15.6 Å². The highest BCUT2D eigenvalue weighted by molar-refractivity contribution is 6.07. The summed E-state index contributed by atoms with van der Waals surface area (Å²) in [5.74, 6) is -0.632. The van der Waals surface area contributed by atoms with Gasteiger partial charge in [-0.2, -0.15) is 5.10 Å². The van der Waals surface area contributed by atoms with Crippen LogP contribution in [0.2, 0.25) is 0 Å². The second kappa shape index (κ2) is 3.89. The van der Waals surface area contributed by atoms with Crippen LogP contribution in [-0.2, 0) is 7.05 Å². The van der Waals surface area contributed by atoms with Crippen molar-refractivity contribution in [2.24, 2.45) is 7.05 Å². The summed E-state index contributed by atoms with van der Waals surface area (Å²) in [5.41, 5.74) is 1.56. The lowest BCUT2D eigenvalue weighted by Gasteiger charge is -2.01. The molecule has 0 spiro atoms. The van der Waals surface area contributed by atoms with E-state index in [0.717, 1.165) is 5.69 Å². The van der Waals surface area contributed by atoms with Crippen LogP contribution in [0.25, 0.3) is 0 Å². The van der Waals surface area contributed by atoms with Crippen molar-refractivity contribution in [3.8, 4) is 0 Å². The van der Waals surface area contributed by atoms with E-state index in [0.29, 0.717) is 11.3 Å². The number of rotatable bonds is 2. The Balaban J connectivity index is 2.43. The summed E-state index contributed by atoms with van der Waals surface area (Å²) in [6.07, 6.45) is 0. The van der Waals surface area contributed by atoms with Crippen LogP contribution in [0, 0.1) is 12.7 Å². The zero-order valence-corrected chi connectivity index (χ0v) is 9.07. The van der Waals surface area contributed by atoms with Crippen molar-refractivity contribution in [2.75, 3.05) is 0 Å². The van der Waals surface area contributed by atoms with Crippen molar-refractivity contribution in [3.63, 3.8) is 0 Å². The van der Waals surface area contributed by atoms with Crippen LogP contribution in [0.15, 0.2) is 30.3 Å². The van der Waals surface area contributed by atoms with Gasteiger partial charge in [-0.3, -0.25) is 9.48 Å². The maximum Gasteiger partial charge on any atom is 0.211 e. The summed E-state index contributed by atoms with van der Waals surface area (Å²) in [6.45, 7) is 1.81. The molecule has 0 unspecified atom stereocenters. The number of carbonyl (C=O) groups excluding carboxylic acids is 1. The smallest absolute Gasteiger partial charge is 0.211 e. The fourth-order valence-corrected chi connectivity index (χ4v) is 1.60. The number of aryl methyl sites for hydroxylation is 2. The van der Waals surface area contributed by atoms with E-state index < -0.39 is 5.82 Å². The van der Waals surface area contributed by atoms with Gasteiger partial charge in [0, 0.05) is 12.6 Å². The minimum Gasteiger partial charge on any atom is -0.287 e. The molecule has 1 aromatic carbocycles. The second-order valence-electron chi connectivity index (χ2n) is 3.63. The molecular formula is C12H11FN2O. The van der Waals surface area contributed by atoms with Crippen LogP contribution in [0.5, 0.6) is 0 Å². The Morgan fingerprint density at radius 2 is 2.12 bits per heavy atom. The molecule has 0 radical (unpaired) electrons. The molecule has 0 aliphatic heterocycles. The van der Waals surface area contributed by atoms with Gasteiger partial charge in [0.15, 0.2) is 0 Å². The first kappa shape index (κ1) is 10.5. The van der Waals surface area contributed by atoms with E-state index in [1.54, 1.807) is 19.2 Å². The van der Waals surface area contributed by atoms with E-state index in [1.165, 1.54) is 22.9 Å². The molecule has 0 bridgehead atoms. The number of nitrogens with zero attached hydrogens (tertiary/aromatic N) is 2. The molecule has 0 saturated heterocycles. The Hall–Kier alpha value is -1.97. The summed E-state index contributed by atoms with van der Waals surface area (Å²) in [7, 11) is 1.69. The van der Waals surface area contributed by atoms with Gasteiger partial charge in [0.25, 0.3) is 0 Å². The van der Waals surface area contributed by atoms with Crippen molar-refractivity contribution in [2.45, 2.75) is 6.92 Å². The van der Waals surface area contributed by atoms with E-state index in [4.69, 9.17) is 0 Å². The highest BCUT2D eigenvalue weighted by atomic mass is 19.1. The third-order valence-electron chi connectivity index (χ3n) is 2.32. The zero-order chi connectivity index (χ0) is 11.7. The third-order valence-corrected chi connectivity index (χ3v) is 2.32. The molecule has 1 aromatic heterocycles. The van der Waals surface area contributed by atoms with E-state index in [2.05, 4.69) is 5.10 Å². The standard InChI is InChI=1S/C12H11FN2O/c1-8-6-11(15(2)14-8)12(16)9-4-3-5-10(13)7-9/h3-7H,1-2H3. The highest BCUT2D eigenvalue weighted by Gasteiger charge is 2.14. The monoisotopic (exact) mass is 218 g/mol. The van der Waals surface area contributed by atoms with E-state index in [-0.39, 0.29) is 5.78 Å². The molecule has 0 saturated carbocycles. The fraction of sp³-hybridized carbons (Fsp3) is 0.167. The minimum absolute atomic E-state index is 0.220. The van der Waals surface area contributed by atoms with E-state index in [1.807, 2.05) is 6.92 Å². The predicted octanol–water partition coefficient (Wildman–Crippen LogP) is 2.10. The summed E-state index contributed by atoms with van der Waals surface area (Å²) >= 11 is 0. The van der Waals surface area contributed by atoms with E-state index in [9.17, 15) is 9.18 Å². The van der Waals surface area contributed by atoms with Crippen molar-refractivity contribution < 1.29 is 9.18 Å². The predicted molar refractivity (Wildman–Crippen MR) is 57.8 cm³/mol. The second-order valence-corrected chi connectivity index (χ2v) is 3.63. The molecule has 0 N–H and O–H groups in total. The Bertz CT molecular complexity index is 546. The highest BCUT2D eigenvalue weighted by Crippen LogP contribution is 2.11. The number of ketones is 1. The quantitative estimate of drug-likeness (QED) is 0.723. The molecular weight excluding hydrogens is 207 g/mol. The number of hydrogen-bond donors (Lipinski definition) is 0. The molecule has 0 aliphatic rings. The molecule has 0 amide bonds. The average Bonchev–Trinajstić information content (AvgIpc) is 2.57. The Labute approximate surface area is 92.5 Å². The number of carbonyl (C=O) groups is 1. The number of hydrogen-bond acceptors (Lipinski definition) is 2. The summed E-state index contributed by atoms with van der Waals surface area (Å²) in [5, 5.41) is 4.08. The molecule has 2 aromatic rings. The van der Waals surface area contributed by atoms with Gasteiger partial charge in [-0.05, 0) is 25.1 Å². The first-order valence-electron chi connectivity index (χ1n) is 4.89. The lowest BCUT2D eigenvalue weighted by atomic mass is 10.1. The van der Waals surface area contributed by atoms with Crippen LogP contribution in [0.1, 0.15) is 21.7 Å². The lowest BCUT2D eigenvalue weighted by molar-refractivity contribution is 0.103. The molecule has 1 heterocycles. The molecule has 82 valence electrons. The lowest BCUT2D eigenvalue weighted by Crippen LogP contribution is -2.08. The minimum atomic E-state index is -0.412. The fourth-order valence-electron chi connectivity index (χ4n) is 1.60. The van der Waals surface area contributed by atoms with Gasteiger partial charge in [-0.25, -0.2) is 4.39 Å². The van der Waals surface area contributed by atoms with Gasteiger partial charge in [-0.15, -0.1) is 0 Å². The molecule has 0 aliphatic carbocycles.